The average molecular weight is 350 g/mol. The van der Waals surface area contributed by atoms with Crippen LogP contribution in [0.15, 0.2) is 42.0 Å². The predicted molar refractivity (Wildman–Crippen MR) is 102 cm³/mol. The molecule has 1 atom stereocenters. The predicted octanol–water partition coefficient (Wildman–Crippen LogP) is 2.66. The van der Waals surface area contributed by atoms with E-state index in [1.165, 1.54) is 12.1 Å². The van der Waals surface area contributed by atoms with Crippen molar-refractivity contribution in [1.29, 1.82) is 5.26 Å². The van der Waals surface area contributed by atoms with Crippen molar-refractivity contribution in [2.24, 2.45) is 0 Å². The fraction of sp³-hybridized carbons (Fsp3) is 0.333. The first-order chi connectivity index (χ1) is 12.6. The molecule has 3 rings (SSSR count). The Morgan fingerprint density at radius 2 is 2.12 bits per heavy atom. The number of ketones is 1. The van der Waals surface area contributed by atoms with Crippen molar-refractivity contribution >= 4 is 28.3 Å². The molecule has 5 heteroatoms. The maximum atomic E-state index is 12.2. The van der Waals surface area contributed by atoms with E-state index in [0.29, 0.717) is 0 Å². The van der Waals surface area contributed by atoms with Gasteiger partial charge < -0.3 is 15.1 Å². The number of fused-ring (bicyclic) bond motifs is 1. The summed E-state index contributed by atoms with van der Waals surface area (Å²) in [4.78, 5) is 14.5. The van der Waals surface area contributed by atoms with Crippen molar-refractivity contribution in [3.05, 3.63) is 47.5 Å². The number of benzene rings is 2. The first kappa shape index (κ1) is 18.1. The zero-order valence-corrected chi connectivity index (χ0v) is 14.6. The van der Waals surface area contributed by atoms with Crippen molar-refractivity contribution in [1.82, 2.24) is 0 Å². The fourth-order valence-corrected chi connectivity index (χ4v) is 3.06. The number of aliphatic hydroxyl groups is 2. The van der Waals surface area contributed by atoms with E-state index in [0.717, 1.165) is 29.4 Å². The summed E-state index contributed by atoms with van der Waals surface area (Å²) in [6.07, 6.45) is 2.04. The Bertz CT molecular complexity index is 878. The van der Waals surface area contributed by atoms with Crippen LogP contribution in [0.3, 0.4) is 0 Å². The fourth-order valence-electron chi connectivity index (χ4n) is 3.06. The zero-order valence-electron chi connectivity index (χ0n) is 14.6. The van der Waals surface area contributed by atoms with Gasteiger partial charge in [-0.15, -0.1) is 0 Å². The van der Waals surface area contributed by atoms with Crippen LogP contribution in [0.25, 0.3) is 16.8 Å². The summed E-state index contributed by atoms with van der Waals surface area (Å²) in [6, 6.07) is 14.1. The number of carbonyl (C=O) groups excluding carboxylic acids is 1. The maximum absolute atomic E-state index is 12.2. The Labute approximate surface area is 152 Å². The van der Waals surface area contributed by atoms with Gasteiger partial charge >= 0.3 is 0 Å². The first-order valence-corrected chi connectivity index (χ1v) is 8.84. The van der Waals surface area contributed by atoms with Crippen LogP contribution in [0, 0.1) is 11.3 Å². The molecule has 1 heterocycles. The van der Waals surface area contributed by atoms with Crippen LogP contribution in [0.5, 0.6) is 0 Å². The van der Waals surface area contributed by atoms with Gasteiger partial charge in [-0.1, -0.05) is 24.3 Å². The molecule has 1 aliphatic heterocycles. The highest BCUT2D eigenvalue weighted by molar-refractivity contribution is 6.04. The van der Waals surface area contributed by atoms with Crippen LogP contribution in [-0.4, -0.2) is 41.8 Å². The molecule has 0 radical (unpaired) electrons. The quantitative estimate of drug-likeness (QED) is 0.592. The van der Waals surface area contributed by atoms with Crippen LogP contribution < -0.4 is 4.90 Å². The molecular weight excluding hydrogens is 328 g/mol. The van der Waals surface area contributed by atoms with Crippen molar-refractivity contribution in [3.63, 3.8) is 0 Å². The summed E-state index contributed by atoms with van der Waals surface area (Å²) in [5.41, 5.74) is 2.05. The van der Waals surface area contributed by atoms with E-state index >= 15 is 0 Å². The van der Waals surface area contributed by atoms with Gasteiger partial charge in [-0.05, 0) is 42.0 Å². The Kier molecular flexibility index (Phi) is 5.67. The third-order valence-electron chi connectivity index (χ3n) is 4.73. The average Bonchev–Trinajstić information content (AvgIpc) is 2.62. The molecule has 1 fully saturated rings. The topological polar surface area (TPSA) is 84.6 Å². The summed E-state index contributed by atoms with van der Waals surface area (Å²) in [7, 11) is 0. The Hall–Kier alpha value is -2.68. The minimum atomic E-state index is -0.932. The van der Waals surface area contributed by atoms with Gasteiger partial charge in [0.1, 0.15) is 6.07 Å². The van der Waals surface area contributed by atoms with Crippen LogP contribution >= 0.6 is 0 Å². The number of anilines is 1. The van der Waals surface area contributed by atoms with Gasteiger partial charge in [0.15, 0.2) is 5.78 Å². The summed E-state index contributed by atoms with van der Waals surface area (Å²) < 4.78 is 0. The van der Waals surface area contributed by atoms with Crippen molar-refractivity contribution in [2.45, 2.75) is 25.4 Å². The number of hydrogen-bond donors (Lipinski definition) is 2. The molecule has 5 nitrogen and oxygen atoms in total. The van der Waals surface area contributed by atoms with Gasteiger partial charge in [0.2, 0.25) is 0 Å². The van der Waals surface area contributed by atoms with Gasteiger partial charge in [0.25, 0.3) is 0 Å². The molecule has 0 amide bonds. The van der Waals surface area contributed by atoms with E-state index < -0.39 is 6.10 Å². The lowest BCUT2D eigenvalue weighted by molar-refractivity contribution is -0.115. The number of allylic oxidation sites excluding steroid dienone is 1. The van der Waals surface area contributed by atoms with E-state index in [9.17, 15) is 15.2 Å². The van der Waals surface area contributed by atoms with Crippen LogP contribution in [0.2, 0.25) is 0 Å². The van der Waals surface area contributed by atoms with Crippen molar-refractivity contribution in [2.75, 3.05) is 24.6 Å². The summed E-state index contributed by atoms with van der Waals surface area (Å²) >= 11 is 0. The highest BCUT2D eigenvalue weighted by Gasteiger charge is 2.17. The molecule has 0 bridgehead atoms. The number of nitriles is 1. The van der Waals surface area contributed by atoms with E-state index in [2.05, 4.69) is 17.0 Å². The van der Waals surface area contributed by atoms with Gasteiger partial charge in [0, 0.05) is 30.6 Å². The summed E-state index contributed by atoms with van der Waals surface area (Å²) in [6.45, 7) is 1.71. The number of rotatable bonds is 7. The van der Waals surface area contributed by atoms with Gasteiger partial charge in [-0.2, -0.15) is 5.26 Å². The standard InChI is InChI=1S/C21H22N2O3/c22-13-17(21(26)8-7-18(25)14-24)11-15-5-6-16-3-1-4-20(19(16)12-15)23-9-2-10-23/h1,3-6,11-12,18,24-25H,2,7-10,14H2/b17-11+. The molecule has 0 aliphatic carbocycles. The van der Waals surface area contributed by atoms with Crippen LogP contribution in [0.4, 0.5) is 5.69 Å². The van der Waals surface area contributed by atoms with Crippen molar-refractivity contribution in [3.8, 4) is 6.07 Å². The molecule has 26 heavy (non-hydrogen) atoms. The second-order valence-corrected chi connectivity index (χ2v) is 6.57. The van der Waals surface area contributed by atoms with E-state index in [4.69, 9.17) is 5.11 Å². The molecule has 1 saturated heterocycles. The van der Waals surface area contributed by atoms with Crippen LogP contribution in [0.1, 0.15) is 24.8 Å². The molecule has 1 aliphatic rings. The maximum Gasteiger partial charge on any atom is 0.173 e. The Balaban J connectivity index is 1.87. The smallest absolute Gasteiger partial charge is 0.173 e. The normalized spacial score (nSPS) is 15.4. The Morgan fingerprint density at radius 1 is 1.31 bits per heavy atom. The molecule has 0 saturated carbocycles. The van der Waals surface area contributed by atoms with E-state index in [1.54, 1.807) is 6.08 Å². The van der Waals surface area contributed by atoms with E-state index in [-0.39, 0.29) is 30.8 Å². The molecule has 134 valence electrons. The highest BCUT2D eigenvalue weighted by atomic mass is 16.3. The van der Waals surface area contributed by atoms with Crippen LogP contribution in [-0.2, 0) is 4.79 Å². The number of aliphatic hydroxyl groups excluding tert-OH is 2. The first-order valence-electron chi connectivity index (χ1n) is 8.84. The summed E-state index contributed by atoms with van der Waals surface area (Å²) in [5, 5.41) is 29.8. The van der Waals surface area contributed by atoms with Gasteiger partial charge in [-0.3, -0.25) is 4.79 Å². The number of nitrogens with zero attached hydrogens (tertiary/aromatic N) is 2. The molecule has 2 aromatic carbocycles. The molecule has 0 aromatic heterocycles. The molecule has 2 N–H and O–H groups in total. The highest BCUT2D eigenvalue weighted by Crippen LogP contribution is 2.31. The lowest BCUT2D eigenvalue weighted by Gasteiger charge is -2.34. The monoisotopic (exact) mass is 350 g/mol. The summed E-state index contributed by atoms with van der Waals surface area (Å²) in [5.74, 6) is -0.323. The Morgan fingerprint density at radius 3 is 2.77 bits per heavy atom. The third kappa shape index (κ3) is 3.93. The molecule has 1 unspecified atom stereocenters. The minimum Gasteiger partial charge on any atom is -0.394 e. The van der Waals surface area contributed by atoms with E-state index in [1.807, 2.05) is 30.3 Å². The lowest BCUT2D eigenvalue weighted by Crippen LogP contribution is -2.37. The largest absolute Gasteiger partial charge is 0.394 e. The number of Topliss-reactive ketones (excluding diaryl/α,β-unsaturated/α-hetero) is 1. The second-order valence-electron chi connectivity index (χ2n) is 6.57. The van der Waals surface area contributed by atoms with Gasteiger partial charge in [-0.25, -0.2) is 0 Å². The SMILES string of the molecule is N#C/C(=C\c1ccc2cccc(N3CCC3)c2c1)C(=O)CCC(O)CO. The van der Waals surface area contributed by atoms with Gasteiger partial charge in [0.05, 0.1) is 18.3 Å². The number of hydrogen-bond acceptors (Lipinski definition) is 5. The molecule has 2 aromatic rings. The minimum absolute atomic E-state index is 0.0354. The third-order valence-corrected chi connectivity index (χ3v) is 4.73. The molecule has 0 spiro atoms. The van der Waals surface area contributed by atoms with Crippen molar-refractivity contribution < 1.29 is 15.0 Å². The molecular formula is C21H22N2O3. The second kappa shape index (κ2) is 8.13. The number of carbonyl (C=O) groups is 1. The lowest BCUT2D eigenvalue weighted by atomic mass is 9.99. The zero-order chi connectivity index (χ0) is 18.5.